The quantitative estimate of drug-likeness (QED) is 0.763. The predicted octanol–water partition coefficient (Wildman–Crippen LogP) is 2.85. The summed E-state index contributed by atoms with van der Waals surface area (Å²) in [5, 5.41) is 0. The van der Waals surface area contributed by atoms with Crippen molar-refractivity contribution in [1.82, 2.24) is 4.90 Å². The van der Waals surface area contributed by atoms with Crippen LogP contribution in [0.25, 0.3) is 0 Å². The molecule has 1 aromatic rings. The Hall–Kier alpha value is -1.35. The fourth-order valence-electron chi connectivity index (χ4n) is 2.55. The molecule has 0 spiro atoms. The van der Waals surface area contributed by atoms with E-state index in [1.165, 1.54) is 0 Å². The number of piperidine rings is 1. The number of hydrogen-bond donors (Lipinski definition) is 0. The number of likely N-dealkylation sites (tertiary alicyclic amines) is 1. The summed E-state index contributed by atoms with van der Waals surface area (Å²) in [7, 11) is 2.15. The van der Waals surface area contributed by atoms with Gasteiger partial charge in [0, 0.05) is 19.5 Å². The van der Waals surface area contributed by atoms with E-state index in [2.05, 4.69) is 24.9 Å². The van der Waals surface area contributed by atoms with Gasteiger partial charge in [-0.1, -0.05) is 25.1 Å². The largest absolute Gasteiger partial charge is 0.490 e. The third kappa shape index (κ3) is 3.80. The number of rotatable bonds is 5. The van der Waals surface area contributed by atoms with Crippen molar-refractivity contribution in [1.29, 1.82) is 0 Å². The SMILES string of the molecule is CC(CC=O)c1ccccc1OC1CCN(C)CC1. The van der Waals surface area contributed by atoms with Gasteiger partial charge in [-0.2, -0.15) is 0 Å². The van der Waals surface area contributed by atoms with Crippen LogP contribution in [0.5, 0.6) is 5.75 Å². The Morgan fingerprint density at radius 2 is 2.05 bits per heavy atom. The molecule has 1 saturated heterocycles. The molecule has 0 aliphatic carbocycles. The van der Waals surface area contributed by atoms with Crippen molar-refractivity contribution in [2.45, 2.75) is 38.2 Å². The molecule has 1 fully saturated rings. The first-order valence-electron chi connectivity index (χ1n) is 7.08. The molecule has 104 valence electrons. The summed E-state index contributed by atoms with van der Waals surface area (Å²) in [6, 6.07) is 8.10. The van der Waals surface area contributed by atoms with Gasteiger partial charge in [0.15, 0.2) is 0 Å². The standard InChI is InChI=1S/C16H23NO2/c1-13(9-12-18)15-5-3-4-6-16(15)19-14-7-10-17(2)11-8-14/h3-6,12-14H,7-11H2,1-2H3. The number of aldehydes is 1. The number of ether oxygens (including phenoxy) is 1. The Kier molecular flexibility index (Phi) is 4.97. The van der Waals surface area contributed by atoms with Crippen molar-refractivity contribution in [3.05, 3.63) is 29.8 Å². The van der Waals surface area contributed by atoms with Crippen molar-refractivity contribution in [2.75, 3.05) is 20.1 Å². The van der Waals surface area contributed by atoms with E-state index in [0.29, 0.717) is 12.5 Å². The summed E-state index contributed by atoms with van der Waals surface area (Å²) >= 11 is 0. The average Bonchev–Trinajstić information content (AvgIpc) is 2.42. The zero-order valence-electron chi connectivity index (χ0n) is 11.8. The zero-order chi connectivity index (χ0) is 13.7. The van der Waals surface area contributed by atoms with Crippen LogP contribution < -0.4 is 4.74 Å². The minimum Gasteiger partial charge on any atom is -0.490 e. The predicted molar refractivity (Wildman–Crippen MR) is 76.7 cm³/mol. The van der Waals surface area contributed by atoms with Gasteiger partial charge >= 0.3 is 0 Å². The van der Waals surface area contributed by atoms with E-state index >= 15 is 0 Å². The third-order valence-electron chi connectivity index (χ3n) is 3.86. The Balaban J connectivity index is 2.05. The lowest BCUT2D eigenvalue weighted by Crippen LogP contribution is -2.35. The number of carbonyl (C=O) groups excluding carboxylic acids is 1. The van der Waals surface area contributed by atoms with Gasteiger partial charge in [0.25, 0.3) is 0 Å². The summed E-state index contributed by atoms with van der Waals surface area (Å²) in [5.74, 6) is 1.17. The lowest BCUT2D eigenvalue weighted by atomic mass is 9.97. The second-order valence-corrected chi connectivity index (χ2v) is 5.46. The van der Waals surface area contributed by atoms with Crippen LogP contribution in [0.1, 0.15) is 37.7 Å². The van der Waals surface area contributed by atoms with E-state index in [9.17, 15) is 4.79 Å². The number of hydrogen-bond acceptors (Lipinski definition) is 3. The highest BCUT2D eigenvalue weighted by atomic mass is 16.5. The molecule has 1 atom stereocenters. The van der Waals surface area contributed by atoms with Gasteiger partial charge in [-0.05, 0) is 37.4 Å². The van der Waals surface area contributed by atoms with Crippen molar-refractivity contribution >= 4 is 6.29 Å². The van der Waals surface area contributed by atoms with Crippen LogP contribution >= 0.6 is 0 Å². The molecule has 1 aliphatic heterocycles. The first-order chi connectivity index (χ1) is 9.20. The molecule has 0 radical (unpaired) electrons. The van der Waals surface area contributed by atoms with E-state index in [-0.39, 0.29) is 5.92 Å². The van der Waals surface area contributed by atoms with Crippen LogP contribution in [-0.4, -0.2) is 37.4 Å². The maximum absolute atomic E-state index is 10.7. The van der Waals surface area contributed by atoms with Crippen LogP contribution in [0.3, 0.4) is 0 Å². The van der Waals surface area contributed by atoms with E-state index in [1.807, 2.05) is 18.2 Å². The van der Waals surface area contributed by atoms with Crippen LogP contribution in [0.4, 0.5) is 0 Å². The molecule has 0 bridgehead atoms. The number of nitrogens with zero attached hydrogens (tertiary/aromatic N) is 1. The molecule has 19 heavy (non-hydrogen) atoms. The summed E-state index contributed by atoms with van der Waals surface area (Å²) in [4.78, 5) is 13.0. The molecule has 0 saturated carbocycles. The van der Waals surface area contributed by atoms with Gasteiger partial charge < -0.3 is 14.4 Å². The van der Waals surface area contributed by atoms with Crippen molar-refractivity contribution < 1.29 is 9.53 Å². The van der Waals surface area contributed by atoms with Crippen LogP contribution in [0.2, 0.25) is 0 Å². The fourth-order valence-corrected chi connectivity index (χ4v) is 2.55. The third-order valence-corrected chi connectivity index (χ3v) is 3.86. The van der Waals surface area contributed by atoms with Gasteiger partial charge in [-0.15, -0.1) is 0 Å². The Morgan fingerprint density at radius 3 is 2.74 bits per heavy atom. The summed E-state index contributed by atoms with van der Waals surface area (Å²) in [6.45, 7) is 4.26. The Bertz CT molecular complexity index is 411. The van der Waals surface area contributed by atoms with Crippen molar-refractivity contribution in [3.8, 4) is 5.75 Å². The minimum atomic E-state index is 0.222. The molecular weight excluding hydrogens is 238 g/mol. The second-order valence-electron chi connectivity index (χ2n) is 5.46. The van der Waals surface area contributed by atoms with Gasteiger partial charge in [0.1, 0.15) is 18.1 Å². The van der Waals surface area contributed by atoms with Gasteiger partial charge in [-0.3, -0.25) is 0 Å². The highest BCUT2D eigenvalue weighted by Crippen LogP contribution is 2.30. The highest BCUT2D eigenvalue weighted by Gasteiger charge is 2.20. The van der Waals surface area contributed by atoms with Crippen LogP contribution in [0.15, 0.2) is 24.3 Å². The van der Waals surface area contributed by atoms with Crippen molar-refractivity contribution in [2.24, 2.45) is 0 Å². The normalized spacial score (nSPS) is 19.1. The molecule has 1 unspecified atom stereocenters. The zero-order valence-corrected chi connectivity index (χ0v) is 11.8. The van der Waals surface area contributed by atoms with E-state index in [0.717, 1.165) is 43.5 Å². The molecule has 3 heteroatoms. The maximum Gasteiger partial charge on any atom is 0.123 e. The van der Waals surface area contributed by atoms with E-state index < -0.39 is 0 Å². The van der Waals surface area contributed by atoms with Crippen LogP contribution in [0, 0.1) is 0 Å². The molecule has 2 rings (SSSR count). The lowest BCUT2D eigenvalue weighted by Gasteiger charge is -2.30. The molecule has 0 N–H and O–H groups in total. The number of benzene rings is 1. The maximum atomic E-state index is 10.7. The molecule has 1 aliphatic rings. The number of para-hydroxylation sites is 1. The topological polar surface area (TPSA) is 29.5 Å². The average molecular weight is 261 g/mol. The smallest absolute Gasteiger partial charge is 0.123 e. The monoisotopic (exact) mass is 261 g/mol. The molecule has 3 nitrogen and oxygen atoms in total. The molecule has 1 aromatic carbocycles. The molecule has 0 aromatic heterocycles. The minimum absolute atomic E-state index is 0.222. The summed E-state index contributed by atoms with van der Waals surface area (Å²) in [6.07, 6.45) is 3.99. The molecule has 0 amide bonds. The Labute approximate surface area is 115 Å². The first-order valence-corrected chi connectivity index (χ1v) is 7.08. The van der Waals surface area contributed by atoms with Crippen LogP contribution in [-0.2, 0) is 4.79 Å². The summed E-state index contributed by atoms with van der Waals surface area (Å²) in [5.41, 5.74) is 1.15. The lowest BCUT2D eigenvalue weighted by molar-refractivity contribution is -0.108. The van der Waals surface area contributed by atoms with Gasteiger partial charge in [0.2, 0.25) is 0 Å². The van der Waals surface area contributed by atoms with Gasteiger partial charge in [-0.25, -0.2) is 0 Å². The van der Waals surface area contributed by atoms with E-state index in [4.69, 9.17) is 4.74 Å². The first kappa shape index (κ1) is 14.1. The fraction of sp³-hybridized carbons (Fsp3) is 0.562. The summed E-state index contributed by atoms with van der Waals surface area (Å²) < 4.78 is 6.16. The molecular formula is C16H23NO2. The highest BCUT2D eigenvalue weighted by molar-refractivity contribution is 5.52. The molecule has 1 heterocycles. The van der Waals surface area contributed by atoms with Gasteiger partial charge in [0.05, 0.1) is 0 Å². The Morgan fingerprint density at radius 1 is 1.37 bits per heavy atom. The number of carbonyl (C=O) groups is 1. The van der Waals surface area contributed by atoms with E-state index in [1.54, 1.807) is 0 Å². The van der Waals surface area contributed by atoms with Crippen molar-refractivity contribution in [3.63, 3.8) is 0 Å². The second kappa shape index (κ2) is 6.71.